The van der Waals surface area contributed by atoms with Gasteiger partial charge in [-0.3, -0.25) is 14.6 Å². The van der Waals surface area contributed by atoms with Gasteiger partial charge in [0, 0.05) is 35.6 Å². The predicted octanol–water partition coefficient (Wildman–Crippen LogP) is 7.26. The predicted molar refractivity (Wildman–Crippen MR) is 197 cm³/mol. The Morgan fingerprint density at radius 1 is 0.898 bits per heavy atom. The van der Waals surface area contributed by atoms with Crippen molar-refractivity contribution in [1.29, 1.82) is 0 Å². The minimum atomic E-state index is -0.672. The molecular formula is C38H50N6O3S2. The first-order chi connectivity index (χ1) is 23.7. The smallest absolute Gasteiger partial charge is 0.318 e. The van der Waals surface area contributed by atoms with E-state index in [4.69, 9.17) is 9.82 Å². The van der Waals surface area contributed by atoms with Crippen LogP contribution in [0.5, 0.6) is 0 Å². The highest BCUT2D eigenvalue weighted by atomic mass is 32.1. The molecule has 4 aromatic rings. The number of hydrogen-bond acceptors (Lipinski definition) is 8. The van der Waals surface area contributed by atoms with Crippen LogP contribution >= 0.6 is 22.7 Å². The second-order valence-corrected chi connectivity index (χ2v) is 15.5. The van der Waals surface area contributed by atoms with E-state index in [0.717, 1.165) is 53.2 Å². The molecule has 3 amide bonds. The van der Waals surface area contributed by atoms with Crippen LogP contribution < -0.4 is 16.1 Å². The van der Waals surface area contributed by atoms with Crippen LogP contribution in [0.15, 0.2) is 77.8 Å². The maximum Gasteiger partial charge on any atom is 0.318 e. The van der Waals surface area contributed by atoms with Crippen molar-refractivity contribution in [2.24, 2.45) is 5.92 Å². The van der Waals surface area contributed by atoms with Gasteiger partial charge in [0.15, 0.2) is 0 Å². The number of aromatic nitrogens is 2. The molecule has 1 aliphatic rings. The highest BCUT2D eigenvalue weighted by Gasteiger charge is 2.36. The summed E-state index contributed by atoms with van der Waals surface area (Å²) < 4.78 is 0. The average Bonchev–Trinajstić information content (AvgIpc) is 3.57. The van der Waals surface area contributed by atoms with E-state index in [1.165, 1.54) is 5.56 Å². The summed E-state index contributed by atoms with van der Waals surface area (Å²) in [7, 11) is 0. The summed E-state index contributed by atoms with van der Waals surface area (Å²) in [5, 5.41) is 9.57. The molecule has 0 spiro atoms. The number of benzene rings is 2. The Hall–Kier alpha value is -3.64. The van der Waals surface area contributed by atoms with E-state index < -0.39 is 6.04 Å². The average molecular weight is 703 g/mol. The summed E-state index contributed by atoms with van der Waals surface area (Å²) in [5.74, 6) is 0.0899. The van der Waals surface area contributed by atoms with Gasteiger partial charge in [-0.25, -0.2) is 9.78 Å². The number of nitrogens with zero attached hydrogens (tertiary/aromatic N) is 3. The zero-order chi connectivity index (χ0) is 34.6. The first-order valence-corrected chi connectivity index (χ1v) is 19.2. The zero-order valence-electron chi connectivity index (χ0n) is 29.0. The van der Waals surface area contributed by atoms with Crippen LogP contribution in [0.4, 0.5) is 4.79 Å². The lowest BCUT2D eigenvalue weighted by Gasteiger charge is -2.29. The fourth-order valence-electron chi connectivity index (χ4n) is 5.80. The van der Waals surface area contributed by atoms with Crippen molar-refractivity contribution in [2.75, 3.05) is 0 Å². The van der Waals surface area contributed by atoms with E-state index in [9.17, 15) is 9.59 Å². The molecule has 1 aliphatic carbocycles. The van der Waals surface area contributed by atoms with Gasteiger partial charge in [0.1, 0.15) is 12.6 Å². The molecule has 0 saturated heterocycles. The maximum atomic E-state index is 14.0. The molecule has 3 N–H and O–H groups in total. The molecule has 0 aliphatic heterocycles. The Labute approximate surface area is 298 Å². The van der Waals surface area contributed by atoms with Crippen LogP contribution in [0, 0.1) is 5.92 Å². The third kappa shape index (κ3) is 11.7. The Kier molecular flexibility index (Phi) is 13.7. The lowest BCUT2D eigenvalue weighted by atomic mass is 9.95. The molecule has 2 aromatic carbocycles. The summed E-state index contributed by atoms with van der Waals surface area (Å²) in [4.78, 5) is 45.5. The monoisotopic (exact) mass is 702 g/mol. The van der Waals surface area contributed by atoms with Crippen LogP contribution in [0.1, 0.15) is 86.0 Å². The lowest BCUT2D eigenvalue weighted by Crippen LogP contribution is -2.55. The quantitative estimate of drug-likeness (QED) is 0.0888. The van der Waals surface area contributed by atoms with Gasteiger partial charge in [-0.1, -0.05) is 88.4 Å². The number of amides is 3. The molecule has 2 aromatic heterocycles. The highest BCUT2D eigenvalue weighted by molar-refractivity contribution is 7.09. The summed E-state index contributed by atoms with van der Waals surface area (Å²) in [6.45, 7) is 9.10. The molecule has 262 valence electrons. The zero-order valence-corrected chi connectivity index (χ0v) is 30.6. The molecule has 49 heavy (non-hydrogen) atoms. The van der Waals surface area contributed by atoms with Crippen LogP contribution in [-0.2, 0) is 35.6 Å². The minimum absolute atomic E-state index is 0.0279. The van der Waals surface area contributed by atoms with Crippen molar-refractivity contribution in [3.63, 3.8) is 0 Å². The molecule has 9 nitrogen and oxygen atoms in total. The SMILES string of the molecule is CC(C)c1nc(CN(C(=O)N[C@H](C(=O)N[C@H](CC[C@H](Cc2ccccc2)NOCc2cncs2)Cc2ccccc2)C(C)C)C2CC2)cs1. The Morgan fingerprint density at radius 3 is 2.12 bits per heavy atom. The molecule has 0 radical (unpaired) electrons. The summed E-state index contributed by atoms with van der Waals surface area (Å²) in [6.07, 6.45) is 6.73. The number of nitrogens with one attached hydrogen (secondary N) is 3. The van der Waals surface area contributed by atoms with E-state index in [0.29, 0.717) is 25.5 Å². The van der Waals surface area contributed by atoms with Gasteiger partial charge >= 0.3 is 6.03 Å². The molecule has 5 rings (SSSR count). The van der Waals surface area contributed by atoms with Gasteiger partial charge in [0.05, 0.1) is 27.6 Å². The number of hydroxylamine groups is 1. The lowest BCUT2D eigenvalue weighted by molar-refractivity contribution is -0.124. The van der Waals surface area contributed by atoms with Gasteiger partial charge in [0.25, 0.3) is 0 Å². The van der Waals surface area contributed by atoms with Gasteiger partial charge < -0.3 is 15.5 Å². The summed E-state index contributed by atoms with van der Waals surface area (Å²) in [5.41, 5.74) is 8.37. The van der Waals surface area contributed by atoms with Crippen molar-refractivity contribution < 1.29 is 14.4 Å². The fraction of sp³-hybridized carbons (Fsp3) is 0.474. The molecule has 3 atom stereocenters. The molecule has 2 heterocycles. The minimum Gasteiger partial charge on any atom is -0.351 e. The number of rotatable bonds is 19. The van der Waals surface area contributed by atoms with Crippen LogP contribution in [0.3, 0.4) is 0 Å². The Bertz CT molecular complexity index is 1560. The van der Waals surface area contributed by atoms with Crippen molar-refractivity contribution in [3.05, 3.63) is 104 Å². The molecule has 0 bridgehead atoms. The van der Waals surface area contributed by atoms with Crippen molar-refractivity contribution in [1.82, 2.24) is 31.0 Å². The second kappa shape index (κ2) is 18.4. The maximum absolute atomic E-state index is 14.0. The highest BCUT2D eigenvalue weighted by Crippen LogP contribution is 2.29. The molecular weight excluding hydrogens is 653 g/mol. The number of hydrogen-bond donors (Lipinski definition) is 3. The van der Waals surface area contributed by atoms with E-state index in [2.05, 4.69) is 59.2 Å². The summed E-state index contributed by atoms with van der Waals surface area (Å²) in [6, 6.07) is 19.8. The Balaban J connectivity index is 1.25. The van der Waals surface area contributed by atoms with E-state index in [-0.39, 0.29) is 36.0 Å². The van der Waals surface area contributed by atoms with Gasteiger partial charge in [-0.2, -0.15) is 5.48 Å². The summed E-state index contributed by atoms with van der Waals surface area (Å²) >= 11 is 3.20. The largest absolute Gasteiger partial charge is 0.351 e. The van der Waals surface area contributed by atoms with Crippen LogP contribution in [-0.4, -0.2) is 51.0 Å². The topological polar surface area (TPSA) is 108 Å². The van der Waals surface area contributed by atoms with Crippen molar-refractivity contribution >= 4 is 34.6 Å². The van der Waals surface area contributed by atoms with Crippen molar-refractivity contribution in [2.45, 2.75) is 109 Å². The van der Waals surface area contributed by atoms with Gasteiger partial charge in [-0.05, 0) is 55.6 Å². The first-order valence-electron chi connectivity index (χ1n) is 17.4. The normalized spacial score (nSPS) is 14.8. The number of urea groups is 1. The first kappa shape index (κ1) is 36.6. The van der Waals surface area contributed by atoms with Gasteiger partial charge in [-0.15, -0.1) is 22.7 Å². The number of thiazole rings is 2. The molecule has 0 unspecified atom stereocenters. The number of carbonyl (C=O) groups is 2. The Morgan fingerprint density at radius 2 is 1.55 bits per heavy atom. The fourth-order valence-corrected chi connectivity index (χ4v) is 7.13. The van der Waals surface area contributed by atoms with E-state index >= 15 is 0 Å². The number of carbonyl (C=O) groups excluding carboxylic acids is 2. The van der Waals surface area contributed by atoms with Gasteiger partial charge in [0.2, 0.25) is 5.91 Å². The van der Waals surface area contributed by atoms with E-state index in [1.54, 1.807) is 28.2 Å². The third-order valence-electron chi connectivity index (χ3n) is 8.68. The van der Waals surface area contributed by atoms with Crippen LogP contribution in [0.25, 0.3) is 0 Å². The standard InChI is InChI=1S/C38H50N6O3S2/c1-26(2)35(42-38(46)44(33-17-18-33)22-32-24-48-37(41-32)27(3)4)36(45)40-30(19-28-11-7-5-8-12-28)15-16-31(20-29-13-9-6-10-14-29)43-47-23-34-21-39-25-49-34/h5-14,21,24-27,30-31,33,35,43H,15-20,22-23H2,1-4H3,(H,40,45)(H,42,46)/t30-,31-,35+/m1/s1. The molecule has 1 fully saturated rings. The molecule has 11 heteroatoms. The van der Waals surface area contributed by atoms with Crippen molar-refractivity contribution in [3.8, 4) is 0 Å². The van der Waals surface area contributed by atoms with E-state index in [1.807, 2.05) is 66.7 Å². The second-order valence-electron chi connectivity index (χ2n) is 13.6. The van der Waals surface area contributed by atoms with Crippen LogP contribution in [0.2, 0.25) is 0 Å². The third-order valence-corrected chi connectivity index (χ3v) is 10.6. The molecule has 1 saturated carbocycles.